The molecule has 2 aromatic carbocycles. The first-order chi connectivity index (χ1) is 9.00. The number of anilines is 2. The summed E-state index contributed by atoms with van der Waals surface area (Å²) >= 11 is 0. The number of benzene rings is 2. The van der Waals surface area contributed by atoms with E-state index in [-0.39, 0.29) is 0 Å². The Balaban J connectivity index is 2.53. The van der Waals surface area contributed by atoms with Crippen molar-refractivity contribution in [3.8, 4) is 0 Å². The Hall–Kier alpha value is -2.29. The maximum absolute atomic E-state index is 11.4. The van der Waals surface area contributed by atoms with Crippen LogP contribution < -0.4 is 4.90 Å². The molecule has 0 saturated carbocycles. The third-order valence-electron chi connectivity index (χ3n) is 3.22. The summed E-state index contributed by atoms with van der Waals surface area (Å²) < 4.78 is 0. The summed E-state index contributed by atoms with van der Waals surface area (Å²) in [6.07, 6.45) is 0. The summed E-state index contributed by atoms with van der Waals surface area (Å²) in [4.78, 5) is 13.3. The van der Waals surface area contributed by atoms with Gasteiger partial charge in [0.05, 0.1) is 11.3 Å². The number of para-hydroxylation sites is 1. The minimum Gasteiger partial charge on any atom is -0.478 e. The van der Waals surface area contributed by atoms with Gasteiger partial charge < -0.3 is 10.0 Å². The molecule has 98 valence electrons. The molecule has 19 heavy (non-hydrogen) atoms. The summed E-state index contributed by atoms with van der Waals surface area (Å²) in [7, 11) is 1.89. The van der Waals surface area contributed by atoms with Crippen LogP contribution in [0.2, 0.25) is 0 Å². The molecule has 0 atom stereocenters. The highest BCUT2D eigenvalue weighted by molar-refractivity contribution is 5.96. The topological polar surface area (TPSA) is 40.5 Å². The third-order valence-corrected chi connectivity index (χ3v) is 3.22. The van der Waals surface area contributed by atoms with Crippen molar-refractivity contribution < 1.29 is 9.90 Å². The first kappa shape index (κ1) is 13.1. The van der Waals surface area contributed by atoms with E-state index >= 15 is 0 Å². The van der Waals surface area contributed by atoms with Gasteiger partial charge in [-0.3, -0.25) is 0 Å². The lowest BCUT2D eigenvalue weighted by Gasteiger charge is -2.23. The van der Waals surface area contributed by atoms with Gasteiger partial charge in [0.1, 0.15) is 0 Å². The van der Waals surface area contributed by atoms with E-state index < -0.39 is 5.97 Å². The van der Waals surface area contributed by atoms with Gasteiger partial charge in [0.15, 0.2) is 0 Å². The molecule has 0 aliphatic heterocycles. The lowest BCUT2D eigenvalue weighted by Crippen LogP contribution is -2.15. The predicted molar refractivity (Wildman–Crippen MR) is 77.4 cm³/mol. The van der Waals surface area contributed by atoms with Crippen LogP contribution in [0.15, 0.2) is 42.5 Å². The summed E-state index contributed by atoms with van der Waals surface area (Å²) in [6.45, 7) is 3.91. The van der Waals surface area contributed by atoms with Crippen LogP contribution in [-0.2, 0) is 0 Å². The van der Waals surface area contributed by atoms with Gasteiger partial charge >= 0.3 is 5.97 Å². The molecule has 2 aromatic rings. The molecule has 3 heteroatoms. The number of nitrogens with zero attached hydrogens (tertiary/aromatic N) is 1. The van der Waals surface area contributed by atoms with Gasteiger partial charge in [0.25, 0.3) is 0 Å². The average Bonchev–Trinajstić information content (AvgIpc) is 2.38. The number of carboxylic acids is 1. The van der Waals surface area contributed by atoms with Crippen LogP contribution in [0.5, 0.6) is 0 Å². The van der Waals surface area contributed by atoms with Crippen molar-refractivity contribution in [3.05, 3.63) is 59.2 Å². The van der Waals surface area contributed by atoms with E-state index in [4.69, 9.17) is 0 Å². The average molecular weight is 255 g/mol. The predicted octanol–water partition coefficient (Wildman–Crippen LogP) is 3.77. The number of hydrogen-bond donors (Lipinski definition) is 1. The molecule has 0 aromatic heterocycles. The molecule has 0 aliphatic carbocycles. The first-order valence-corrected chi connectivity index (χ1v) is 6.14. The summed E-state index contributed by atoms with van der Waals surface area (Å²) in [5.74, 6) is -0.904. The van der Waals surface area contributed by atoms with E-state index in [1.807, 2.05) is 62.2 Å². The fourth-order valence-electron chi connectivity index (χ4n) is 2.18. The summed E-state index contributed by atoms with van der Waals surface area (Å²) in [5.41, 5.74) is 4.09. The second kappa shape index (κ2) is 5.14. The van der Waals surface area contributed by atoms with Crippen LogP contribution in [0, 0.1) is 13.8 Å². The monoisotopic (exact) mass is 255 g/mol. The van der Waals surface area contributed by atoms with Gasteiger partial charge in [0.2, 0.25) is 0 Å². The van der Waals surface area contributed by atoms with Crippen molar-refractivity contribution in [3.63, 3.8) is 0 Å². The van der Waals surface area contributed by atoms with Crippen LogP contribution >= 0.6 is 0 Å². The Bertz CT molecular complexity index is 620. The smallest absolute Gasteiger partial charge is 0.337 e. The molecule has 2 rings (SSSR count). The molecule has 0 bridgehead atoms. The minimum absolute atomic E-state index is 0.325. The molecule has 1 N–H and O–H groups in total. The van der Waals surface area contributed by atoms with Crippen molar-refractivity contribution >= 4 is 17.3 Å². The van der Waals surface area contributed by atoms with E-state index in [9.17, 15) is 9.90 Å². The first-order valence-electron chi connectivity index (χ1n) is 6.14. The molecule has 0 heterocycles. The van der Waals surface area contributed by atoms with Crippen molar-refractivity contribution in [2.24, 2.45) is 0 Å². The Morgan fingerprint density at radius 2 is 1.74 bits per heavy atom. The molecule has 0 amide bonds. The van der Waals surface area contributed by atoms with Crippen molar-refractivity contribution in [2.75, 3.05) is 11.9 Å². The number of carboxylic acid groups (broad SMARTS) is 1. The van der Waals surface area contributed by atoms with Crippen LogP contribution in [0.1, 0.15) is 21.5 Å². The second-order valence-electron chi connectivity index (χ2n) is 4.67. The summed E-state index contributed by atoms with van der Waals surface area (Å²) in [6, 6.07) is 13.4. The van der Waals surface area contributed by atoms with Gasteiger partial charge in [0, 0.05) is 12.7 Å². The Morgan fingerprint density at radius 3 is 2.37 bits per heavy atom. The number of hydrogen-bond acceptors (Lipinski definition) is 2. The van der Waals surface area contributed by atoms with E-state index in [1.165, 1.54) is 0 Å². The van der Waals surface area contributed by atoms with E-state index in [0.29, 0.717) is 11.3 Å². The standard InChI is InChI=1S/C16H17NO2/c1-11-8-9-15(13(10-11)16(18)19)17(3)14-7-5-4-6-12(14)2/h4-10H,1-3H3,(H,18,19). The van der Waals surface area contributed by atoms with Crippen molar-refractivity contribution in [1.82, 2.24) is 0 Å². The Kier molecular flexibility index (Phi) is 3.56. The number of rotatable bonds is 3. The second-order valence-corrected chi connectivity index (χ2v) is 4.67. The molecule has 0 radical (unpaired) electrons. The lowest BCUT2D eigenvalue weighted by molar-refractivity contribution is 0.0697. The molecule has 3 nitrogen and oxygen atoms in total. The normalized spacial score (nSPS) is 10.3. The zero-order valence-corrected chi connectivity index (χ0v) is 11.3. The van der Waals surface area contributed by atoms with E-state index in [0.717, 1.165) is 16.8 Å². The van der Waals surface area contributed by atoms with Crippen LogP contribution in [-0.4, -0.2) is 18.1 Å². The molecular weight excluding hydrogens is 238 g/mol. The van der Waals surface area contributed by atoms with Crippen LogP contribution in [0.25, 0.3) is 0 Å². The molecule has 0 aliphatic rings. The zero-order valence-electron chi connectivity index (χ0n) is 11.3. The SMILES string of the molecule is Cc1ccc(N(C)c2ccccc2C)c(C(=O)O)c1. The fraction of sp³-hybridized carbons (Fsp3) is 0.188. The third kappa shape index (κ3) is 2.60. The van der Waals surface area contributed by atoms with Gasteiger partial charge in [-0.2, -0.15) is 0 Å². The van der Waals surface area contributed by atoms with Gasteiger partial charge in [-0.05, 0) is 37.6 Å². The van der Waals surface area contributed by atoms with E-state index in [1.54, 1.807) is 6.07 Å². The van der Waals surface area contributed by atoms with Gasteiger partial charge in [-0.15, -0.1) is 0 Å². The lowest BCUT2D eigenvalue weighted by atomic mass is 10.1. The molecule has 0 saturated heterocycles. The highest BCUT2D eigenvalue weighted by Gasteiger charge is 2.15. The number of carbonyl (C=O) groups is 1. The summed E-state index contributed by atoms with van der Waals surface area (Å²) in [5, 5.41) is 9.33. The Morgan fingerprint density at radius 1 is 1.05 bits per heavy atom. The maximum Gasteiger partial charge on any atom is 0.337 e. The largest absolute Gasteiger partial charge is 0.478 e. The van der Waals surface area contributed by atoms with Crippen molar-refractivity contribution in [2.45, 2.75) is 13.8 Å². The van der Waals surface area contributed by atoms with Crippen LogP contribution in [0.4, 0.5) is 11.4 Å². The highest BCUT2D eigenvalue weighted by Crippen LogP contribution is 2.29. The highest BCUT2D eigenvalue weighted by atomic mass is 16.4. The van der Waals surface area contributed by atoms with Gasteiger partial charge in [-0.1, -0.05) is 29.8 Å². The molecule has 0 fully saturated rings. The fourth-order valence-corrected chi connectivity index (χ4v) is 2.18. The molecule has 0 unspecified atom stereocenters. The van der Waals surface area contributed by atoms with E-state index in [2.05, 4.69) is 0 Å². The van der Waals surface area contributed by atoms with Crippen molar-refractivity contribution in [1.29, 1.82) is 0 Å². The number of aryl methyl sites for hydroxylation is 2. The quantitative estimate of drug-likeness (QED) is 0.907. The van der Waals surface area contributed by atoms with Crippen LogP contribution in [0.3, 0.4) is 0 Å². The minimum atomic E-state index is -0.904. The Labute approximate surface area is 113 Å². The zero-order chi connectivity index (χ0) is 14.0. The maximum atomic E-state index is 11.4. The molecular formula is C16H17NO2. The number of aromatic carboxylic acids is 1. The molecule has 0 spiro atoms. The van der Waals surface area contributed by atoms with Gasteiger partial charge in [-0.25, -0.2) is 4.79 Å².